The number of hydrogen-bond donors (Lipinski definition) is 1. The van der Waals surface area contributed by atoms with Crippen molar-refractivity contribution in [2.24, 2.45) is 0 Å². The fourth-order valence-electron chi connectivity index (χ4n) is 1.52. The summed E-state index contributed by atoms with van der Waals surface area (Å²) in [5.41, 5.74) is 1.23. The van der Waals surface area contributed by atoms with Crippen LogP contribution in [0.5, 0.6) is 5.75 Å². The molecule has 0 saturated carbocycles. The summed E-state index contributed by atoms with van der Waals surface area (Å²) >= 11 is 0. The highest BCUT2D eigenvalue weighted by molar-refractivity contribution is 5.66. The van der Waals surface area contributed by atoms with E-state index < -0.39 is 5.97 Å². The molecular formula is C13H18O3. The van der Waals surface area contributed by atoms with Crippen LogP contribution >= 0.6 is 0 Å². The van der Waals surface area contributed by atoms with E-state index in [-0.39, 0.29) is 6.42 Å². The standard InChI is InChI=1S/C13H18O3/c1-2-16-12-9-7-11(8-10-12)5-3-4-6-13(14)15/h7-10H,2-6H2,1H3,(H,14,15). The van der Waals surface area contributed by atoms with Crippen molar-refractivity contribution >= 4 is 5.97 Å². The second kappa shape index (κ2) is 6.88. The lowest BCUT2D eigenvalue weighted by Crippen LogP contribution is -1.95. The number of rotatable bonds is 7. The fourth-order valence-corrected chi connectivity index (χ4v) is 1.52. The number of hydrogen-bond acceptors (Lipinski definition) is 2. The van der Waals surface area contributed by atoms with Gasteiger partial charge in [0.05, 0.1) is 6.61 Å². The second-order valence-corrected chi connectivity index (χ2v) is 3.68. The van der Waals surface area contributed by atoms with E-state index in [9.17, 15) is 4.79 Å². The predicted molar refractivity (Wildman–Crippen MR) is 62.8 cm³/mol. The van der Waals surface area contributed by atoms with Gasteiger partial charge in [-0.1, -0.05) is 12.1 Å². The minimum atomic E-state index is -0.716. The number of aryl methyl sites for hydroxylation is 1. The molecule has 0 atom stereocenters. The van der Waals surface area contributed by atoms with Crippen molar-refractivity contribution in [1.82, 2.24) is 0 Å². The average molecular weight is 222 g/mol. The normalized spacial score (nSPS) is 10.1. The molecule has 16 heavy (non-hydrogen) atoms. The molecule has 3 heteroatoms. The van der Waals surface area contributed by atoms with Gasteiger partial charge in [0.2, 0.25) is 0 Å². The average Bonchev–Trinajstić information content (AvgIpc) is 2.27. The molecule has 1 aromatic rings. The van der Waals surface area contributed by atoms with Gasteiger partial charge >= 0.3 is 5.97 Å². The molecular weight excluding hydrogens is 204 g/mol. The first-order chi connectivity index (χ1) is 7.72. The number of benzene rings is 1. The van der Waals surface area contributed by atoms with Crippen LogP contribution in [0.1, 0.15) is 31.7 Å². The van der Waals surface area contributed by atoms with Gasteiger partial charge in [0.25, 0.3) is 0 Å². The van der Waals surface area contributed by atoms with Crippen molar-refractivity contribution in [2.75, 3.05) is 6.61 Å². The van der Waals surface area contributed by atoms with Gasteiger partial charge < -0.3 is 9.84 Å². The zero-order valence-corrected chi connectivity index (χ0v) is 9.61. The van der Waals surface area contributed by atoms with Crippen molar-refractivity contribution in [3.8, 4) is 5.75 Å². The minimum Gasteiger partial charge on any atom is -0.494 e. The van der Waals surface area contributed by atoms with Gasteiger partial charge in [-0.05, 0) is 43.9 Å². The Bertz CT molecular complexity index is 316. The highest BCUT2D eigenvalue weighted by Crippen LogP contribution is 2.14. The SMILES string of the molecule is CCOc1ccc(CCCCC(=O)O)cc1. The Morgan fingerprint density at radius 2 is 1.94 bits per heavy atom. The lowest BCUT2D eigenvalue weighted by atomic mass is 10.1. The first kappa shape index (κ1) is 12.6. The molecule has 0 bridgehead atoms. The molecule has 1 N–H and O–H groups in total. The highest BCUT2D eigenvalue weighted by Gasteiger charge is 1.98. The van der Waals surface area contributed by atoms with E-state index in [2.05, 4.69) is 0 Å². The summed E-state index contributed by atoms with van der Waals surface area (Å²) in [5.74, 6) is 0.170. The molecule has 0 fully saturated rings. The maximum Gasteiger partial charge on any atom is 0.303 e. The summed E-state index contributed by atoms with van der Waals surface area (Å²) in [7, 11) is 0. The summed E-state index contributed by atoms with van der Waals surface area (Å²) in [4.78, 5) is 10.3. The van der Waals surface area contributed by atoms with E-state index in [4.69, 9.17) is 9.84 Å². The fraction of sp³-hybridized carbons (Fsp3) is 0.462. The van der Waals surface area contributed by atoms with Crippen LogP contribution in [0.4, 0.5) is 0 Å². The van der Waals surface area contributed by atoms with Gasteiger partial charge in [-0.2, -0.15) is 0 Å². The third-order valence-electron chi connectivity index (χ3n) is 2.34. The van der Waals surface area contributed by atoms with Crippen LogP contribution in [-0.4, -0.2) is 17.7 Å². The molecule has 0 spiro atoms. The van der Waals surface area contributed by atoms with Gasteiger partial charge in [-0.25, -0.2) is 0 Å². The topological polar surface area (TPSA) is 46.5 Å². The van der Waals surface area contributed by atoms with Crippen LogP contribution in [0.2, 0.25) is 0 Å². The van der Waals surface area contributed by atoms with Crippen LogP contribution in [0.15, 0.2) is 24.3 Å². The second-order valence-electron chi connectivity index (χ2n) is 3.68. The van der Waals surface area contributed by atoms with Crippen LogP contribution in [0, 0.1) is 0 Å². The molecule has 1 rings (SSSR count). The van der Waals surface area contributed by atoms with Crippen molar-refractivity contribution in [3.05, 3.63) is 29.8 Å². The molecule has 0 aromatic heterocycles. The number of aliphatic carboxylic acids is 1. The molecule has 0 radical (unpaired) electrons. The Kier molecular flexibility index (Phi) is 5.40. The minimum absolute atomic E-state index is 0.261. The highest BCUT2D eigenvalue weighted by atomic mass is 16.5. The van der Waals surface area contributed by atoms with Crippen LogP contribution < -0.4 is 4.74 Å². The van der Waals surface area contributed by atoms with E-state index in [1.54, 1.807) is 0 Å². The Hall–Kier alpha value is -1.51. The van der Waals surface area contributed by atoms with Gasteiger partial charge in [0.1, 0.15) is 5.75 Å². The quantitative estimate of drug-likeness (QED) is 0.721. The zero-order valence-electron chi connectivity index (χ0n) is 9.61. The van der Waals surface area contributed by atoms with Crippen molar-refractivity contribution < 1.29 is 14.6 Å². The van der Waals surface area contributed by atoms with E-state index in [1.807, 2.05) is 31.2 Å². The van der Waals surface area contributed by atoms with E-state index in [0.717, 1.165) is 25.0 Å². The molecule has 0 saturated heterocycles. The van der Waals surface area contributed by atoms with E-state index >= 15 is 0 Å². The monoisotopic (exact) mass is 222 g/mol. The maximum atomic E-state index is 10.3. The third-order valence-corrected chi connectivity index (χ3v) is 2.34. The molecule has 0 amide bonds. The molecule has 88 valence electrons. The molecule has 0 aliphatic heterocycles. The van der Waals surface area contributed by atoms with Gasteiger partial charge in [0, 0.05) is 6.42 Å². The predicted octanol–water partition coefficient (Wildman–Crippen LogP) is 2.88. The van der Waals surface area contributed by atoms with Crippen LogP contribution in [0.25, 0.3) is 0 Å². The lowest BCUT2D eigenvalue weighted by molar-refractivity contribution is -0.137. The smallest absolute Gasteiger partial charge is 0.303 e. The van der Waals surface area contributed by atoms with Crippen molar-refractivity contribution in [3.63, 3.8) is 0 Å². The zero-order chi connectivity index (χ0) is 11.8. The lowest BCUT2D eigenvalue weighted by Gasteiger charge is -2.04. The molecule has 0 heterocycles. The van der Waals surface area contributed by atoms with Gasteiger partial charge in [0.15, 0.2) is 0 Å². The van der Waals surface area contributed by atoms with Crippen LogP contribution in [-0.2, 0) is 11.2 Å². The van der Waals surface area contributed by atoms with Gasteiger partial charge in [-0.15, -0.1) is 0 Å². The first-order valence-electron chi connectivity index (χ1n) is 5.66. The van der Waals surface area contributed by atoms with E-state index in [0.29, 0.717) is 6.61 Å². The summed E-state index contributed by atoms with van der Waals surface area (Å²) in [5, 5.41) is 8.49. The number of carboxylic acid groups (broad SMARTS) is 1. The summed E-state index contributed by atoms with van der Waals surface area (Å²) in [6.45, 7) is 2.64. The molecule has 1 aromatic carbocycles. The van der Waals surface area contributed by atoms with Crippen molar-refractivity contribution in [2.45, 2.75) is 32.6 Å². The largest absolute Gasteiger partial charge is 0.494 e. The van der Waals surface area contributed by atoms with Crippen molar-refractivity contribution in [1.29, 1.82) is 0 Å². The molecule has 0 unspecified atom stereocenters. The Balaban J connectivity index is 2.29. The molecule has 0 aliphatic carbocycles. The number of carboxylic acids is 1. The van der Waals surface area contributed by atoms with E-state index in [1.165, 1.54) is 5.56 Å². The third kappa shape index (κ3) is 4.82. The Morgan fingerprint density at radius 3 is 2.50 bits per heavy atom. The summed E-state index contributed by atoms with van der Waals surface area (Å²) < 4.78 is 5.34. The molecule has 0 aliphatic rings. The molecule has 3 nitrogen and oxygen atoms in total. The Labute approximate surface area is 96.1 Å². The number of unbranched alkanes of at least 4 members (excludes halogenated alkanes) is 1. The maximum absolute atomic E-state index is 10.3. The number of ether oxygens (including phenoxy) is 1. The van der Waals surface area contributed by atoms with Crippen LogP contribution in [0.3, 0.4) is 0 Å². The summed E-state index contributed by atoms with van der Waals surface area (Å²) in [6, 6.07) is 7.98. The first-order valence-corrected chi connectivity index (χ1v) is 5.66. The number of carbonyl (C=O) groups is 1. The summed E-state index contributed by atoms with van der Waals surface area (Å²) in [6.07, 6.45) is 2.85. The Morgan fingerprint density at radius 1 is 1.25 bits per heavy atom. The van der Waals surface area contributed by atoms with Gasteiger partial charge in [-0.3, -0.25) is 4.79 Å².